The van der Waals surface area contributed by atoms with Gasteiger partial charge in [-0.15, -0.1) is 0 Å². The van der Waals surface area contributed by atoms with Gasteiger partial charge in [-0.25, -0.2) is 13.2 Å². The van der Waals surface area contributed by atoms with E-state index >= 15 is 0 Å². The van der Waals surface area contributed by atoms with Gasteiger partial charge in [0.05, 0.1) is 17.7 Å². The van der Waals surface area contributed by atoms with Crippen LogP contribution >= 0.6 is 0 Å². The van der Waals surface area contributed by atoms with E-state index in [0.29, 0.717) is 0 Å². The minimum atomic E-state index is -1.71. The Hall–Kier alpha value is -2.81. The molecule has 0 aliphatic carbocycles. The van der Waals surface area contributed by atoms with Gasteiger partial charge in [-0.2, -0.15) is 5.26 Å². The van der Waals surface area contributed by atoms with Crippen molar-refractivity contribution in [3.8, 4) is 6.07 Å². The summed E-state index contributed by atoms with van der Waals surface area (Å²) in [5.74, 6) is -5.49. The van der Waals surface area contributed by atoms with Gasteiger partial charge in [-0.3, -0.25) is 4.79 Å². The van der Waals surface area contributed by atoms with E-state index in [1.807, 2.05) is 6.07 Å². The summed E-state index contributed by atoms with van der Waals surface area (Å²) >= 11 is 0. The molecule has 2 atom stereocenters. The lowest BCUT2D eigenvalue weighted by atomic mass is 10.0. The van der Waals surface area contributed by atoms with Crippen LogP contribution in [0.5, 0.6) is 0 Å². The highest BCUT2D eigenvalue weighted by atomic mass is 19.2. The Bertz CT molecular complexity index is 830. The molecule has 3 rings (SSSR count). The van der Waals surface area contributed by atoms with Crippen molar-refractivity contribution in [3.63, 3.8) is 0 Å². The topological polar surface area (TPSA) is 44.1 Å². The smallest absolute Gasteiger partial charge is 0.259 e. The Balaban J connectivity index is 2.13. The van der Waals surface area contributed by atoms with E-state index in [1.165, 1.54) is 0 Å². The van der Waals surface area contributed by atoms with Crippen LogP contribution in [-0.4, -0.2) is 10.8 Å². The monoisotopic (exact) mass is 316 g/mol. The van der Waals surface area contributed by atoms with E-state index in [0.717, 1.165) is 16.5 Å². The minimum Gasteiger partial charge on any atom is -0.312 e. The highest BCUT2D eigenvalue weighted by molar-refractivity contribution is 6.00. The Morgan fingerprint density at radius 2 is 1.83 bits per heavy atom. The van der Waals surface area contributed by atoms with Crippen molar-refractivity contribution in [2.45, 2.75) is 19.0 Å². The number of benzene rings is 2. The molecule has 0 spiro atoms. The molecule has 1 aliphatic heterocycles. The summed E-state index contributed by atoms with van der Waals surface area (Å²) in [6, 6.07) is 9.71. The summed E-state index contributed by atoms with van der Waals surface area (Å²) in [6.45, 7) is 1.67. The van der Waals surface area contributed by atoms with Crippen LogP contribution in [0.1, 0.15) is 40.5 Å². The molecule has 0 fully saturated rings. The zero-order valence-electron chi connectivity index (χ0n) is 12.1. The van der Waals surface area contributed by atoms with Crippen molar-refractivity contribution >= 4 is 5.91 Å². The third-order valence-electron chi connectivity index (χ3n) is 4.04. The minimum absolute atomic E-state index is 0.142. The summed E-state index contributed by atoms with van der Waals surface area (Å²) in [5, 5.41) is 9.37. The molecule has 0 bridgehead atoms. The number of amides is 1. The molecule has 2 aromatic rings. The first-order chi connectivity index (χ1) is 11.0. The molecule has 2 aromatic carbocycles. The van der Waals surface area contributed by atoms with E-state index in [-0.39, 0.29) is 5.56 Å². The summed E-state index contributed by atoms with van der Waals surface area (Å²) in [6.07, 6.45) is 0. The number of nitrogens with zero attached hydrogens (tertiary/aromatic N) is 2. The fourth-order valence-corrected chi connectivity index (χ4v) is 2.87. The zero-order valence-corrected chi connectivity index (χ0v) is 12.1. The fraction of sp³-hybridized carbons (Fsp3) is 0.176. The molecule has 6 heteroatoms. The van der Waals surface area contributed by atoms with Gasteiger partial charge in [-0.1, -0.05) is 30.3 Å². The standard InChI is InChI=1S/C17H11F3N2O/c1-9(10-5-3-2-4-6-10)22-13(8-21)11-7-12(18)15(19)16(20)14(11)17(22)23/h2-7,9,13H,1H3. The van der Waals surface area contributed by atoms with E-state index in [2.05, 4.69) is 0 Å². The maximum atomic E-state index is 14.0. The lowest BCUT2D eigenvalue weighted by Crippen LogP contribution is -2.30. The van der Waals surface area contributed by atoms with Gasteiger partial charge in [0.15, 0.2) is 17.5 Å². The average Bonchev–Trinajstić information content (AvgIpc) is 2.84. The van der Waals surface area contributed by atoms with Crippen LogP contribution in [0.4, 0.5) is 13.2 Å². The van der Waals surface area contributed by atoms with Crippen LogP contribution in [0.2, 0.25) is 0 Å². The number of carbonyl (C=O) groups excluding carboxylic acids is 1. The number of rotatable bonds is 2. The quantitative estimate of drug-likeness (QED) is 0.789. The number of hydrogen-bond acceptors (Lipinski definition) is 2. The average molecular weight is 316 g/mol. The van der Waals surface area contributed by atoms with Gasteiger partial charge in [-0.05, 0) is 18.6 Å². The molecule has 116 valence electrons. The molecule has 0 radical (unpaired) electrons. The van der Waals surface area contributed by atoms with Gasteiger partial charge in [0.1, 0.15) is 6.04 Å². The van der Waals surface area contributed by atoms with E-state index < -0.39 is 41.0 Å². The van der Waals surface area contributed by atoms with Gasteiger partial charge in [0, 0.05) is 5.56 Å². The number of fused-ring (bicyclic) bond motifs is 1. The predicted molar refractivity (Wildman–Crippen MR) is 75.7 cm³/mol. The second kappa shape index (κ2) is 5.43. The number of nitriles is 1. The van der Waals surface area contributed by atoms with Crippen LogP contribution in [0.25, 0.3) is 0 Å². The normalized spacial score (nSPS) is 17.8. The van der Waals surface area contributed by atoms with Crippen molar-refractivity contribution < 1.29 is 18.0 Å². The van der Waals surface area contributed by atoms with Crippen molar-refractivity contribution in [1.82, 2.24) is 4.90 Å². The molecular formula is C17H11F3N2O. The van der Waals surface area contributed by atoms with Gasteiger partial charge in [0.2, 0.25) is 0 Å². The van der Waals surface area contributed by atoms with Crippen LogP contribution in [0, 0.1) is 28.8 Å². The van der Waals surface area contributed by atoms with Crippen molar-refractivity contribution in [3.05, 3.63) is 70.5 Å². The van der Waals surface area contributed by atoms with Crippen molar-refractivity contribution in [1.29, 1.82) is 5.26 Å². The molecule has 0 N–H and O–H groups in total. The Morgan fingerprint density at radius 1 is 1.17 bits per heavy atom. The second-order valence-corrected chi connectivity index (χ2v) is 5.28. The molecule has 1 aliphatic rings. The van der Waals surface area contributed by atoms with E-state index in [4.69, 9.17) is 0 Å². The third-order valence-corrected chi connectivity index (χ3v) is 4.04. The fourth-order valence-electron chi connectivity index (χ4n) is 2.87. The number of hydrogen-bond donors (Lipinski definition) is 0. The lowest BCUT2D eigenvalue weighted by Gasteiger charge is -2.27. The molecule has 0 aromatic heterocycles. The first-order valence-electron chi connectivity index (χ1n) is 6.92. The Kier molecular flexibility index (Phi) is 3.57. The first kappa shape index (κ1) is 15.1. The maximum Gasteiger partial charge on any atom is 0.259 e. The Morgan fingerprint density at radius 3 is 2.43 bits per heavy atom. The zero-order chi connectivity index (χ0) is 16.7. The molecule has 2 unspecified atom stereocenters. The summed E-state index contributed by atoms with van der Waals surface area (Å²) < 4.78 is 40.9. The highest BCUT2D eigenvalue weighted by Crippen LogP contribution is 2.41. The maximum absolute atomic E-state index is 14.0. The van der Waals surface area contributed by atoms with Crippen molar-refractivity contribution in [2.75, 3.05) is 0 Å². The van der Waals surface area contributed by atoms with Crippen LogP contribution in [-0.2, 0) is 0 Å². The molecular weight excluding hydrogens is 305 g/mol. The van der Waals surface area contributed by atoms with Gasteiger partial charge < -0.3 is 4.90 Å². The van der Waals surface area contributed by atoms with E-state index in [1.54, 1.807) is 37.3 Å². The van der Waals surface area contributed by atoms with Crippen molar-refractivity contribution in [2.24, 2.45) is 0 Å². The molecule has 23 heavy (non-hydrogen) atoms. The van der Waals surface area contributed by atoms with Gasteiger partial charge >= 0.3 is 0 Å². The second-order valence-electron chi connectivity index (χ2n) is 5.28. The summed E-state index contributed by atoms with van der Waals surface area (Å²) in [7, 11) is 0. The highest BCUT2D eigenvalue weighted by Gasteiger charge is 2.43. The molecule has 3 nitrogen and oxygen atoms in total. The number of halogens is 3. The summed E-state index contributed by atoms with van der Waals surface area (Å²) in [4.78, 5) is 13.7. The third kappa shape index (κ3) is 2.16. The molecule has 1 heterocycles. The van der Waals surface area contributed by atoms with Crippen LogP contribution < -0.4 is 0 Å². The lowest BCUT2D eigenvalue weighted by molar-refractivity contribution is 0.0683. The SMILES string of the molecule is CC(c1ccccc1)N1C(=O)c2c(cc(F)c(F)c2F)C1C#N. The van der Waals surface area contributed by atoms with E-state index in [9.17, 15) is 23.2 Å². The molecule has 0 saturated heterocycles. The predicted octanol–water partition coefficient (Wildman–Crippen LogP) is 3.89. The number of carbonyl (C=O) groups is 1. The van der Waals surface area contributed by atoms with Crippen LogP contribution in [0.15, 0.2) is 36.4 Å². The van der Waals surface area contributed by atoms with Crippen LogP contribution in [0.3, 0.4) is 0 Å². The first-order valence-corrected chi connectivity index (χ1v) is 6.92. The van der Waals surface area contributed by atoms with Gasteiger partial charge in [0.25, 0.3) is 5.91 Å². The summed E-state index contributed by atoms with van der Waals surface area (Å²) in [5.41, 5.74) is 0.0187. The largest absolute Gasteiger partial charge is 0.312 e. The Labute approximate surface area is 130 Å². The molecule has 0 saturated carbocycles. The molecule has 1 amide bonds.